The number of carbonyl (C=O) groups excluding carboxylic acids is 2. The number of aromatic nitrogens is 2. The third-order valence-corrected chi connectivity index (χ3v) is 7.36. The van der Waals surface area contributed by atoms with Gasteiger partial charge in [0.1, 0.15) is 6.61 Å². The summed E-state index contributed by atoms with van der Waals surface area (Å²) in [4.78, 5) is 25.5. The average molecular weight is 381 g/mol. The van der Waals surface area contributed by atoms with Crippen LogP contribution >= 0.6 is 10.6 Å². The van der Waals surface area contributed by atoms with Crippen LogP contribution in [0, 0.1) is 0 Å². The zero-order valence-electron chi connectivity index (χ0n) is 14.6. The molecule has 1 saturated heterocycles. The van der Waals surface area contributed by atoms with Crippen LogP contribution < -0.4 is 4.74 Å². The van der Waals surface area contributed by atoms with Crippen molar-refractivity contribution in [3.05, 3.63) is 23.9 Å². The number of fused-ring (bicyclic) bond motifs is 1. The maximum Gasteiger partial charge on any atom is 0.353 e. The molecular formula is C17H23N3O5S. The molecule has 26 heavy (non-hydrogen) atoms. The summed E-state index contributed by atoms with van der Waals surface area (Å²) in [6, 6.07) is 2.03. The lowest BCUT2D eigenvalue weighted by atomic mass is 10.1. The van der Waals surface area contributed by atoms with Gasteiger partial charge in [-0.2, -0.15) is 0 Å². The van der Waals surface area contributed by atoms with Crippen LogP contribution in [0.3, 0.4) is 0 Å². The second-order valence-electron chi connectivity index (χ2n) is 6.63. The highest BCUT2D eigenvalue weighted by Crippen LogP contribution is 2.53. The molecule has 0 unspecified atom stereocenters. The molecule has 142 valence electrons. The summed E-state index contributed by atoms with van der Waals surface area (Å²) in [6.07, 6.45) is 5.73. The first-order chi connectivity index (χ1) is 12.6. The van der Waals surface area contributed by atoms with Crippen LogP contribution in [-0.4, -0.2) is 64.4 Å². The summed E-state index contributed by atoms with van der Waals surface area (Å²) < 4.78 is 18.7. The Hall–Kier alpha value is -2.00. The van der Waals surface area contributed by atoms with Crippen LogP contribution in [0.1, 0.15) is 18.5 Å². The predicted molar refractivity (Wildman–Crippen MR) is 95.7 cm³/mol. The summed E-state index contributed by atoms with van der Waals surface area (Å²) in [6.45, 7) is 3.71. The summed E-state index contributed by atoms with van der Waals surface area (Å²) in [7, 11) is -2.11. The van der Waals surface area contributed by atoms with E-state index in [-0.39, 0.29) is 0 Å². The van der Waals surface area contributed by atoms with E-state index in [4.69, 9.17) is 13.1 Å². The Morgan fingerprint density at radius 1 is 1.08 bits per heavy atom. The van der Waals surface area contributed by atoms with Crippen molar-refractivity contribution >= 4 is 22.5 Å². The van der Waals surface area contributed by atoms with E-state index in [1.165, 1.54) is 18.5 Å². The van der Waals surface area contributed by atoms with Crippen molar-refractivity contribution in [2.75, 3.05) is 37.7 Å². The Bertz CT molecular complexity index is 678. The summed E-state index contributed by atoms with van der Waals surface area (Å²) in [5.74, 6) is 0.798. The molecular weight excluding hydrogens is 358 g/mol. The van der Waals surface area contributed by atoms with Crippen molar-refractivity contribution in [3.8, 4) is 5.88 Å². The summed E-state index contributed by atoms with van der Waals surface area (Å²) in [5, 5.41) is 4.49. The van der Waals surface area contributed by atoms with E-state index in [1.54, 1.807) is 0 Å². The number of hydrogen-bond donors (Lipinski definition) is 0. The highest BCUT2D eigenvalue weighted by molar-refractivity contribution is 8.26. The lowest BCUT2D eigenvalue weighted by Crippen LogP contribution is -2.42. The van der Waals surface area contributed by atoms with Crippen LogP contribution in [-0.2, 0) is 30.9 Å². The van der Waals surface area contributed by atoms with Gasteiger partial charge in [0.2, 0.25) is 5.88 Å². The summed E-state index contributed by atoms with van der Waals surface area (Å²) in [5.41, 5.74) is 1.25. The monoisotopic (exact) mass is 381 g/mol. The third-order valence-electron chi connectivity index (χ3n) is 4.81. The van der Waals surface area contributed by atoms with Gasteiger partial charge in [-0.1, -0.05) is 0 Å². The van der Waals surface area contributed by atoms with Gasteiger partial charge >= 0.3 is 11.9 Å². The van der Waals surface area contributed by atoms with Crippen molar-refractivity contribution in [2.24, 2.45) is 0 Å². The molecule has 1 fully saturated rings. The maximum absolute atomic E-state index is 11.6. The molecule has 1 spiro atoms. The maximum atomic E-state index is 11.6. The van der Waals surface area contributed by atoms with Gasteiger partial charge in [-0.05, 0) is 19.3 Å². The molecule has 1 aromatic heterocycles. The van der Waals surface area contributed by atoms with Crippen LogP contribution in [0.5, 0.6) is 5.88 Å². The van der Waals surface area contributed by atoms with Gasteiger partial charge < -0.3 is 13.1 Å². The highest BCUT2D eigenvalue weighted by atomic mass is 32.3. The van der Waals surface area contributed by atoms with Gasteiger partial charge in [-0.25, -0.2) is 9.59 Å². The Balaban J connectivity index is 1.24. The van der Waals surface area contributed by atoms with Gasteiger partial charge in [0.15, 0.2) is 0 Å². The molecule has 0 aromatic carbocycles. The Morgan fingerprint density at radius 3 is 2.50 bits per heavy atom. The Labute approximate surface area is 153 Å². The van der Waals surface area contributed by atoms with E-state index in [9.17, 15) is 9.59 Å². The first kappa shape index (κ1) is 17.4. The molecule has 3 aliphatic rings. The molecule has 0 radical (unpaired) electrons. The Morgan fingerprint density at radius 2 is 1.81 bits per heavy atom. The quantitative estimate of drug-likeness (QED) is 0.775. The van der Waals surface area contributed by atoms with Crippen molar-refractivity contribution in [3.63, 3.8) is 0 Å². The van der Waals surface area contributed by atoms with E-state index in [2.05, 4.69) is 10.00 Å². The van der Waals surface area contributed by atoms with Crippen molar-refractivity contribution in [1.82, 2.24) is 14.7 Å². The van der Waals surface area contributed by atoms with E-state index in [0.29, 0.717) is 37.1 Å². The minimum Gasteiger partial charge on any atom is -0.475 e. The van der Waals surface area contributed by atoms with Crippen molar-refractivity contribution < 1.29 is 22.7 Å². The average Bonchev–Trinajstić information content (AvgIpc) is 2.98. The number of nitrogens with zero attached hydrogens (tertiary/aromatic N) is 3. The van der Waals surface area contributed by atoms with E-state index >= 15 is 0 Å². The number of rotatable bonds is 4. The molecule has 0 amide bonds. The van der Waals surface area contributed by atoms with E-state index in [0.717, 1.165) is 31.7 Å². The molecule has 9 heteroatoms. The lowest BCUT2D eigenvalue weighted by molar-refractivity contribution is -0.129. The predicted octanol–water partition coefficient (Wildman–Crippen LogP) is 1.20. The SMILES string of the molecule is O=C1C=CC(=O)OS2(CCN(CCOc3cc4n(n3)CCCC4)CC2)O1. The van der Waals surface area contributed by atoms with Crippen LogP contribution in [0.25, 0.3) is 0 Å². The topological polar surface area (TPSA) is 82.9 Å². The van der Waals surface area contributed by atoms with Gasteiger partial charge in [0, 0.05) is 50.1 Å². The third kappa shape index (κ3) is 3.88. The van der Waals surface area contributed by atoms with Crippen LogP contribution in [0.15, 0.2) is 18.2 Å². The molecule has 0 atom stereocenters. The van der Waals surface area contributed by atoms with E-state index < -0.39 is 22.5 Å². The molecule has 0 saturated carbocycles. The fraction of sp³-hybridized carbons (Fsp3) is 0.588. The lowest BCUT2D eigenvalue weighted by Gasteiger charge is -2.45. The molecule has 4 heterocycles. The van der Waals surface area contributed by atoms with Gasteiger partial charge in [0.25, 0.3) is 0 Å². The molecule has 3 aliphatic heterocycles. The van der Waals surface area contributed by atoms with Crippen molar-refractivity contribution in [2.45, 2.75) is 25.8 Å². The number of carbonyl (C=O) groups is 2. The second kappa shape index (κ2) is 7.32. The number of hydrogen-bond acceptors (Lipinski definition) is 7. The minimum absolute atomic E-state index is 0.494. The van der Waals surface area contributed by atoms with Crippen LogP contribution in [0.4, 0.5) is 0 Å². The molecule has 0 bridgehead atoms. The molecule has 0 N–H and O–H groups in total. The largest absolute Gasteiger partial charge is 0.475 e. The molecule has 8 nitrogen and oxygen atoms in total. The van der Waals surface area contributed by atoms with E-state index in [1.807, 2.05) is 10.7 Å². The first-order valence-corrected chi connectivity index (χ1v) is 10.8. The molecule has 1 aromatic rings. The van der Waals surface area contributed by atoms with Crippen molar-refractivity contribution in [1.29, 1.82) is 0 Å². The Kier molecular flexibility index (Phi) is 4.90. The standard InChI is InChI=1S/C17H23N3O5S/c21-16-4-5-17(22)25-26(24-16)11-8-19(9-12-26)7-10-23-15-13-14-3-1-2-6-20(14)18-15/h4-5,13H,1-3,6-12H2. The fourth-order valence-electron chi connectivity index (χ4n) is 3.39. The van der Waals surface area contributed by atoms with Crippen LogP contribution in [0.2, 0.25) is 0 Å². The molecule has 0 aliphatic carbocycles. The highest BCUT2D eigenvalue weighted by Gasteiger charge is 2.34. The first-order valence-electron chi connectivity index (χ1n) is 8.97. The minimum atomic E-state index is -2.11. The zero-order valence-corrected chi connectivity index (χ0v) is 15.4. The zero-order chi connectivity index (χ0) is 18.0. The second-order valence-corrected chi connectivity index (χ2v) is 9.27. The normalized spacial score (nSPS) is 23.7. The number of aryl methyl sites for hydroxylation is 2. The smallest absolute Gasteiger partial charge is 0.353 e. The van der Waals surface area contributed by atoms with Gasteiger partial charge in [0.05, 0.1) is 11.5 Å². The van der Waals surface area contributed by atoms with Gasteiger partial charge in [-0.15, -0.1) is 15.7 Å². The number of ether oxygens (including phenoxy) is 1. The molecule has 4 rings (SSSR count). The summed E-state index contributed by atoms with van der Waals surface area (Å²) >= 11 is 0. The van der Waals surface area contributed by atoms with Gasteiger partial charge in [-0.3, -0.25) is 9.58 Å². The fourth-order valence-corrected chi connectivity index (χ4v) is 5.74.